The zero-order chi connectivity index (χ0) is 2.71. The van der Waals surface area contributed by atoms with Crippen LogP contribution in [-0.2, 0) is 19.5 Å². The van der Waals surface area contributed by atoms with Crippen LogP contribution in [0.1, 0.15) is 7.43 Å². The van der Waals surface area contributed by atoms with Crippen molar-refractivity contribution < 1.29 is 19.5 Å². The summed E-state index contributed by atoms with van der Waals surface area (Å²) >= 11 is 0. The second-order valence-corrected chi connectivity index (χ2v) is 0.289. The van der Waals surface area contributed by atoms with Crippen LogP contribution in [0, 0.1) is 6.92 Å². The average molecular weight is 158 g/mol. The van der Waals surface area contributed by atoms with Gasteiger partial charge in [-0.15, -0.1) is 0 Å². The van der Waals surface area contributed by atoms with Crippen molar-refractivity contribution in [3.8, 4) is 0 Å². The Labute approximate surface area is 47.0 Å². The van der Waals surface area contributed by atoms with Crippen molar-refractivity contribution >= 4 is 0 Å². The van der Waals surface area contributed by atoms with Gasteiger partial charge in [0.25, 0.3) is 0 Å². The maximum absolute atomic E-state index is 3.25. The molecular formula is C4H9Ru. The van der Waals surface area contributed by atoms with Crippen LogP contribution in [-0.4, -0.2) is 0 Å². The van der Waals surface area contributed by atoms with E-state index in [4.69, 9.17) is 0 Å². The molecule has 0 fully saturated rings. The largest absolute Gasteiger partial charge is 1.00 e. The molecule has 33 valence electrons. The minimum atomic E-state index is 0. The van der Waals surface area contributed by atoms with Crippen molar-refractivity contribution in [2.75, 3.05) is 0 Å². The Morgan fingerprint density at radius 3 is 1.60 bits per heavy atom. The van der Waals surface area contributed by atoms with Crippen LogP contribution >= 0.6 is 0 Å². The molecule has 0 aliphatic carbocycles. The van der Waals surface area contributed by atoms with Crippen molar-refractivity contribution in [2.24, 2.45) is 0 Å². The standard InChI is InChI=1S/C3H5.CH4.Ru/c1-3-2;;/h3H,1-2H2;1H4;/q-1;;+1. The molecule has 1 radical (unpaired) electrons. The topological polar surface area (TPSA) is 0 Å². The normalized spacial score (nSPS) is 2.40. The molecule has 0 aromatic carbocycles. The monoisotopic (exact) mass is 159 g/mol. The van der Waals surface area contributed by atoms with Gasteiger partial charge in [-0.1, -0.05) is 7.43 Å². The second-order valence-electron chi connectivity index (χ2n) is 0.289. The zero-order valence-electron chi connectivity index (χ0n) is 2.35. The van der Waals surface area contributed by atoms with Gasteiger partial charge in [-0.05, 0) is 0 Å². The second kappa shape index (κ2) is 29.1. The third-order valence-corrected chi connectivity index (χ3v) is 0. The van der Waals surface area contributed by atoms with Gasteiger partial charge in [-0.2, -0.15) is 0 Å². The molecule has 0 aromatic rings. The minimum absolute atomic E-state index is 0. The fraction of sp³-hybridized carbons (Fsp3) is 0.250. The van der Waals surface area contributed by atoms with Crippen molar-refractivity contribution in [2.45, 2.75) is 7.43 Å². The Kier molecular flexibility index (Phi) is 109. The Balaban J connectivity index is -0.0000000200. The Morgan fingerprint density at radius 2 is 1.60 bits per heavy atom. The molecule has 0 bridgehead atoms. The van der Waals surface area contributed by atoms with E-state index < -0.39 is 0 Å². The van der Waals surface area contributed by atoms with E-state index in [0.717, 1.165) is 0 Å². The van der Waals surface area contributed by atoms with Crippen molar-refractivity contribution in [1.82, 2.24) is 0 Å². The molecule has 0 saturated heterocycles. The molecule has 0 nitrogen and oxygen atoms in total. The zero-order valence-corrected chi connectivity index (χ0v) is 4.08. The average Bonchev–Trinajstić information content (AvgIpc) is 0.918. The van der Waals surface area contributed by atoms with Crippen molar-refractivity contribution in [1.29, 1.82) is 0 Å². The molecule has 0 rings (SSSR count). The molecule has 0 spiro atoms. The Bertz CT molecular complexity index is 11.1. The Morgan fingerprint density at radius 1 is 1.60 bits per heavy atom. The number of rotatable bonds is 0. The van der Waals surface area contributed by atoms with E-state index in [1.165, 1.54) is 6.08 Å². The summed E-state index contributed by atoms with van der Waals surface area (Å²) in [5.41, 5.74) is 0. The first kappa shape index (κ1) is 18.8. The third-order valence-electron chi connectivity index (χ3n) is 0. The molecule has 0 heterocycles. The van der Waals surface area contributed by atoms with Crippen LogP contribution in [0.25, 0.3) is 0 Å². The van der Waals surface area contributed by atoms with Crippen LogP contribution in [0.15, 0.2) is 12.7 Å². The summed E-state index contributed by atoms with van der Waals surface area (Å²) in [6.45, 7) is 6.50. The molecule has 1 heteroatoms. The van der Waals surface area contributed by atoms with Gasteiger partial charge in [0.05, 0.1) is 0 Å². The summed E-state index contributed by atoms with van der Waals surface area (Å²) in [7, 11) is 0. The number of hydrogen-bond acceptors (Lipinski definition) is 0. The summed E-state index contributed by atoms with van der Waals surface area (Å²) in [6, 6.07) is 0. The molecule has 0 unspecified atom stereocenters. The van der Waals surface area contributed by atoms with Gasteiger partial charge in [0.2, 0.25) is 0 Å². The molecule has 0 atom stereocenters. The Hall–Kier alpha value is 0.233. The summed E-state index contributed by atoms with van der Waals surface area (Å²) in [5, 5.41) is 0. The molecule has 0 aliphatic heterocycles. The van der Waals surface area contributed by atoms with Crippen LogP contribution in [0.3, 0.4) is 0 Å². The quantitative estimate of drug-likeness (QED) is 0.371. The van der Waals surface area contributed by atoms with Crippen molar-refractivity contribution in [3.05, 3.63) is 19.6 Å². The molecule has 5 heavy (non-hydrogen) atoms. The van der Waals surface area contributed by atoms with Crippen LogP contribution in [0.2, 0.25) is 0 Å². The molecule has 0 saturated carbocycles. The smallest absolute Gasteiger partial charge is 0.245 e. The van der Waals surface area contributed by atoms with Gasteiger partial charge in [-0.25, -0.2) is 19.6 Å². The minimum Gasteiger partial charge on any atom is -0.245 e. The van der Waals surface area contributed by atoms with Gasteiger partial charge >= 0.3 is 19.5 Å². The van der Waals surface area contributed by atoms with Crippen molar-refractivity contribution in [3.63, 3.8) is 0 Å². The van der Waals surface area contributed by atoms with Gasteiger partial charge in [0.1, 0.15) is 0 Å². The number of hydrogen-bond donors (Lipinski definition) is 0. The van der Waals surface area contributed by atoms with E-state index in [0.29, 0.717) is 0 Å². The predicted molar refractivity (Wildman–Crippen MR) is 22.3 cm³/mol. The first-order valence-corrected chi connectivity index (χ1v) is 0.816. The SMILES string of the molecule is C.C=C[CH2-].[Ru+]. The molecule has 0 aromatic heterocycles. The molecule has 0 amide bonds. The van der Waals surface area contributed by atoms with E-state index in [9.17, 15) is 0 Å². The van der Waals surface area contributed by atoms with Crippen LogP contribution < -0.4 is 0 Å². The first-order valence-electron chi connectivity index (χ1n) is 0.816. The van der Waals surface area contributed by atoms with Crippen LogP contribution in [0.4, 0.5) is 0 Å². The van der Waals surface area contributed by atoms with E-state index in [2.05, 4.69) is 13.5 Å². The van der Waals surface area contributed by atoms with Gasteiger partial charge < -0.3 is 0 Å². The predicted octanol–water partition coefficient (Wildman–Crippen LogP) is 1.64. The van der Waals surface area contributed by atoms with E-state index in [-0.39, 0.29) is 26.9 Å². The number of allylic oxidation sites excluding steroid dienone is 1. The molecule has 0 aliphatic rings. The summed E-state index contributed by atoms with van der Waals surface area (Å²) in [4.78, 5) is 0. The first-order chi connectivity index (χ1) is 1.41. The van der Waals surface area contributed by atoms with E-state index >= 15 is 0 Å². The van der Waals surface area contributed by atoms with Gasteiger partial charge in [-0.3, -0.25) is 0 Å². The summed E-state index contributed by atoms with van der Waals surface area (Å²) in [6.07, 6.45) is 1.50. The van der Waals surface area contributed by atoms with Gasteiger partial charge in [0, 0.05) is 0 Å². The van der Waals surface area contributed by atoms with E-state index in [1.54, 1.807) is 0 Å². The maximum Gasteiger partial charge on any atom is 1.00 e. The van der Waals surface area contributed by atoms with Gasteiger partial charge in [0.15, 0.2) is 0 Å². The molecular weight excluding hydrogens is 149 g/mol. The van der Waals surface area contributed by atoms with Crippen LogP contribution in [0.5, 0.6) is 0 Å². The maximum atomic E-state index is 3.25. The van der Waals surface area contributed by atoms with E-state index in [1.807, 2.05) is 0 Å². The summed E-state index contributed by atoms with van der Waals surface area (Å²) in [5.74, 6) is 0. The fourth-order valence-electron chi connectivity index (χ4n) is 0. The fourth-order valence-corrected chi connectivity index (χ4v) is 0. The third kappa shape index (κ3) is 388. The summed E-state index contributed by atoms with van der Waals surface area (Å²) < 4.78 is 0. The molecule has 0 N–H and O–H groups in total.